The predicted octanol–water partition coefficient (Wildman–Crippen LogP) is 6.67. The number of alkyl carbamates (subject to hydrolysis) is 1. The first-order valence-corrected chi connectivity index (χ1v) is 13.7. The lowest BCUT2D eigenvalue weighted by atomic mass is 9.73. The highest BCUT2D eigenvalue weighted by Crippen LogP contribution is 2.40. The second-order valence-corrected chi connectivity index (χ2v) is 12.9. The Morgan fingerprint density at radius 2 is 1.77 bits per heavy atom. The lowest BCUT2D eigenvalue weighted by Crippen LogP contribution is -2.54. The van der Waals surface area contributed by atoms with Gasteiger partial charge in [0, 0.05) is 18.2 Å². The highest BCUT2D eigenvalue weighted by Gasteiger charge is 2.37. The number of ether oxygens (including phenoxy) is 1. The van der Waals surface area contributed by atoms with Crippen LogP contribution in [-0.4, -0.2) is 35.5 Å². The van der Waals surface area contributed by atoms with Gasteiger partial charge in [0.25, 0.3) is 0 Å². The lowest BCUT2D eigenvalue weighted by Gasteiger charge is -2.41. The molecule has 3 atom stereocenters. The molecule has 0 aromatic heterocycles. The Morgan fingerprint density at radius 3 is 2.36 bits per heavy atom. The van der Waals surface area contributed by atoms with Gasteiger partial charge in [-0.3, -0.25) is 0 Å². The predicted molar refractivity (Wildman–Crippen MR) is 152 cm³/mol. The fraction of sp³-hybridized carbons (Fsp3) is 0.531. The summed E-state index contributed by atoms with van der Waals surface area (Å²) in [6.07, 6.45) is 1.76. The van der Waals surface area contributed by atoms with Gasteiger partial charge >= 0.3 is 6.09 Å². The molecule has 1 fully saturated rings. The number of rotatable bonds is 8. The number of hydrogen-bond donors (Lipinski definition) is 3. The van der Waals surface area contributed by atoms with Crippen molar-refractivity contribution in [3.63, 3.8) is 0 Å². The van der Waals surface area contributed by atoms with Crippen molar-refractivity contribution in [3.05, 3.63) is 82.9 Å². The van der Waals surface area contributed by atoms with Crippen LogP contribution in [0.5, 0.6) is 0 Å². The number of benzene rings is 2. The fourth-order valence-electron chi connectivity index (χ4n) is 5.19. The summed E-state index contributed by atoms with van der Waals surface area (Å²) in [4.78, 5) is 12.6. The van der Waals surface area contributed by atoms with Crippen molar-refractivity contribution < 1.29 is 23.4 Å². The van der Waals surface area contributed by atoms with E-state index in [9.17, 15) is 18.7 Å². The quantitative estimate of drug-likeness (QED) is 0.326. The van der Waals surface area contributed by atoms with E-state index in [2.05, 4.69) is 62.2 Å². The van der Waals surface area contributed by atoms with Gasteiger partial charge in [0.15, 0.2) is 0 Å². The molecular formula is C32H44F2N2O3. The number of carbonyl (C=O) groups excluding carboxylic acids is 1. The molecule has 0 bridgehead atoms. The SMILES string of the molecule is C=C1CCCC(NC[C@@H](O)[C@@H](Cc2cc(F)cc(F)c2)NC(=O)OC(C)(C)C)(c2cccc(C(C)(C)C)c2)C1. The van der Waals surface area contributed by atoms with Gasteiger partial charge in [-0.25, -0.2) is 13.6 Å². The van der Waals surface area contributed by atoms with Crippen molar-refractivity contribution in [3.8, 4) is 0 Å². The maximum atomic E-state index is 13.9. The van der Waals surface area contributed by atoms with Crippen LogP contribution < -0.4 is 10.6 Å². The second kappa shape index (κ2) is 12.2. The molecule has 0 spiro atoms. The molecule has 5 nitrogen and oxygen atoms in total. The van der Waals surface area contributed by atoms with Crippen LogP contribution in [0.2, 0.25) is 0 Å². The number of hydrogen-bond acceptors (Lipinski definition) is 4. The maximum Gasteiger partial charge on any atom is 0.407 e. The average molecular weight is 543 g/mol. The molecule has 3 rings (SSSR count). The van der Waals surface area contributed by atoms with E-state index in [0.29, 0.717) is 5.56 Å². The Bertz CT molecular complexity index is 1150. The zero-order valence-corrected chi connectivity index (χ0v) is 24.2. The standard InChI is InChI=1S/C32H44F2N2O3/c1-21-10-9-13-32(19-21,24-12-8-11-23(17-24)30(2,3)4)35-20-28(37)27(36-29(38)39-31(5,6)7)16-22-14-25(33)18-26(34)15-22/h8,11-12,14-15,17-18,27-28,35,37H,1,9-10,13,16,19-20H2,2-7H3,(H,36,38)/t27-,28-,32?/m1/s1. The topological polar surface area (TPSA) is 70.6 Å². The Morgan fingerprint density at radius 1 is 1.10 bits per heavy atom. The van der Waals surface area contributed by atoms with Gasteiger partial charge in [-0.2, -0.15) is 0 Å². The lowest BCUT2D eigenvalue weighted by molar-refractivity contribution is 0.0410. The van der Waals surface area contributed by atoms with Gasteiger partial charge < -0.3 is 20.5 Å². The summed E-state index contributed by atoms with van der Waals surface area (Å²) in [6, 6.07) is 10.9. The maximum absolute atomic E-state index is 13.9. The van der Waals surface area contributed by atoms with Crippen LogP contribution in [0.3, 0.4) is 0 Å². The first-order valence-electron chi connectivity index (χ1n) is 13.7. The first-order chi connectivity index (χ1) is 18.1. The van der Waals surface area contributed by atoms with Crippen LogP contribution in [-0.2, 0) is 22.1 Å². The number of halogens is 2. The molecule has 1 aliphatic rings. The normalized spacial score (nSPS) is 19.9. The second-order valence-electron chi connectivity index (χ2n) is 12.9. The molecule has 1 amide bonds. The summed E-state index contributed by atoms with van der Waals surface area (Å²) in [5, 5.41) is 17.7. The molecule has 3 N–H and O–H groups in total. The van der Waals surface area contributed by atoms with Crippen molar-refractivity contribution >= 4 is 6.09 Å². The van der Waals surface area contributed by atoms with E-state index in [1.807, 2.05) is 0 Å². The molecule has 39 heavy (non-hydrogen) atoms. The molecule has 1 unspecified atom stereocenters. The number of amides is 1. The minimum Gasteiger partial charge on any atom is -0.444 e. The van der Waals surface area contributed by atoms with Crippen molar-refractivity contribution in [1.29, 1.82) is 0 Å². The molecule has 2 aromatic rings. The summed E-state index contributed by atoms with van der Waals surface area (Å²) in [5.41, 5.74) is 2.62. The third-order valence-corrected chi connectivity index (χ3v) is 7.16. The third-order valence-electron chi connectivity index (χ3n) is 7.16. The molecule has 1 saturated carbocycles. The minimum atomic E-state index is -1.07. The van der Waals surface area contributed by atoms with Crippen LogP contribution >= 0.6 is 0 Å². The zero-order valence-electron chi connectivity index (χ0n) is 24.2. The van der Waals surface area contributed by atoms with Gasteiger partial charge in [0.1, 0.15) is 17.2 Å². The van der Waals surface area contributed by atoms with E-state index in [4.69, 9.17) is 4.74 Å². The monoisotopic (exact) mass is 542 g/mol. The minimum absolute atomic E-state index is 0.0228. The van der Waals surface area contributed by atoms with Crippen LogP contribution in [0, 0.1) is 11.6 Å². The number of carbonyl (C=O) groups is 1. The summed E-state index contributed by atoms with van der Waals surface area (Å²) in [7, 11) is 0. The van der Waals surface area contributed by atoms with E-state index < -0.39 is 41.0 Å². The Balaban J connectivity index is 1.87. The Hall–Kier alpha value is -2.77. The van der Waals surface area contributed by atoms with Crippen molar-refractivity contribution in [2.45, 2.75) is 102 Å². The van der Waals surface area contributed by atoms with Crippen molar-refractivity contribution in [2.24, 2.45) is 0 Å². The largest absolute Gasteiger partial charge is 0.444 e. The number of aliphatic hydroxyl groups is 1. The molecule has 214 valence electrons. The molecule has 0 heterocycles. The average Bonchev–Trinajstić information content (AvgIpc) is 2.80. The number of aliphatic hydroxyl groups excluding tert-OH is 1. The van der Waals surface area contributed by atoms with Crippen LogP contribution in [0.25, 0.3) is 0 Å². The zero-order chi connectivity index (χ0) is 29.0. The summed E-state index contributed by atoms with van der Waals surface area (Å²) in [5.74, 6) is -1.43. The van der Waals surface area contributed by atoms with E-state index in [1.54, 1.807) is 20.8 Å². The van der Waals surface area contributed by atoms with E-state index >= 15 is 0 Å². The molecule has 1 aliphatic carbocycles. The molecule has 0 saturated heterocycles. The van der Waals surface area contributed by atoms with Gasteiger partial charge in [-0.05, 0) is 87.1 Å². The third kappa shape index (κ3) is 8.87. The number of nitrogens with one attached hydrogen (secondary N) is 2. The highest BCUT2D eigenvalue weighted by atomic mass is 19.1. The van der Waals surface area contributed by atoms with Gasteiger partial charge in [-0.15, -0.1) is 0 Å². The molecular weight excluding hydrogens is 498 g/mol. The Kier molecular flexibility index (Phi) is 9.60. The summed E-state index contributed by atoms with van der Waals surface area (Å²) in [6.45, 7) is 16.2. The smallest absolute Gasteiger partial charge is 0.407 e. The van der Waals surface area contributed by atoms with Crippen molar-refractivity contribution in [2.75, 3.05) is 6.54 Å². The molecule has 2 aromatic carbocycles. The van der Waals surface area contributed by atoms with Crippen LogP contribution in [0.15, 0.2) is 54.6 Å². The van der Waals surface area contributed by atoms with Crippen LogP contribution in [0.4, 0.5) is 13.6 Å². The summed E-state index contributed by atoms with van der Waals surface area (Å²) < 4.78 is 33.2. The molecule has 0 radical (unpaired) electrons. The van der Waals surface area contributed by atoms with E-state index in [-0.39, 0.29) is 18.4 Å². The molecule has 7 heteroatoms. The summed E-state index contributed by atoms with van der Waals surface area (Å²) >= 11 is 0. The fourth-order valence-corrected chi connectivity index (χ4v) is 5.19. The van der Waals surface area contributed by atoms with E-state index in [1.165, 1.54) is 17.7 Å². The first kappa shape index (κ1) is 30.8. The van der Waals surface area contributed by atoms with Gasteiger partial charge in [0.05, 0.1) is 12.1 Å². The van der Waals surface area contributed by atoms with E-state index in [0.717, 1.165) is 42.9 Å². The highest BCUT2D eigenvalue weighted by molar-refractivity contribution is 5.68. The van der Waals surface area contributed by atoms with Crippen LogP contribution in [0.1, 0.15) is 83.9 Å². The van der Waals surface area contributed by atoms with Crippen molar-refractivity contribution in [1.82, 2.24) is 10.6 Å². The van der Waals surface area contributed by atoms with Gasteiger partial charge in [-0.1, -0.05) is 57.2 Å². The molecule has 0 aliphatic heterocycles. The van der Waals surface area contributed by atoms with Gasteiger partial charge in [0.2, 0.25) is 0 Å². The Labute approximate surface area is 232 Å².